The van der Waals surface area contributed by atoms with Crippen LogP contribution < -0.4 is 5.73 Å². The van der Waals surface area contributed by atoms with E-state index in [2.05, 4.69) is 15.9 Å². The normalized spacial score (nSPS) is 19.5. The number of nitrogens with two attached hydrogens (primary N) is 1. The van der Waals surface area contributed by atoms with E-state index in [0.29, 0.717) is 22.3 Å². The summed E-state index contributed by atoms with van der Waals surface area (Å²) in [5, 5.41) is 0. The number of carbonyl (C=O) groups excluding carboxylic acids is 1. The molecule has 2 N–H and O–H groups in total. The molecule has 5 heteroatoms. The first-order chi connectivity index (χ1) is 8.68. The molecule has 0 spiro atoms. The van der Waals surface area contributed by atoms with Crippen LogP contribution in [0.5, 0.6) is 0 Å². The van der Waals surface area contributed by atoms with Crippen molar-refractivity contribution in [2.75, 3.05) is 18.9 Å². The number of carbonyl (C=O) groups is 1. The van der Waals surface area contributed by atoms with Gasteiger partial charge in [-0.15, -0.1) is 0 Å². The van der Waals surface area contributed by atoms with Crippen molar-refractivity contribution in [1.82, 2.24) is 0 Å². The summed E-state index contributed by atoms with van der Waals surface area (Å²) in [6, 6.07) is 5.20. The second kappa shape index (κ2) is 6.20. The van der Waals surface area contributed by atoms with Gasteiger partial charge >= 0.3 is 5.97 Å². The van der Waals surface area contributed by atoms with Crippen molar-refractivity contribution >= 4 is 27.6 Å². The topological polar surface area (TPSA) is 61.6 Å². The van der Waals surface area contributed by atoms with E-state index in [1.54, 1.807) is 18.2 Å². The average Bonchev–Trinajstić information content (AvgIpc) is 2.40. The van der Waals surface area contributed by atoms with Gasteiger partial charge in [-0.3, -0.25) is 0 Å². The van der Waals surface area contributed by atoms with E-state index in [1.807, 2.05) is 0 Å². The van der Waals surface area contributed by atoms with E-state index in [1.165, 1.54) is 0 Å². The second-order valence-electron chi connectivity index (χ2n) is 4.29. The van der Waals surface area contributed by atoms with Crippen molar-refractivity contribution in [2.45, 2.75) is 25.4 Å². The molecule has 1 aliphatic heterocycles. The minimum Gasteiger partial charge on any atom is -0.459 e. The molecule has 1 aromatic rings. The molecule has 0 radical (unpaired) electrons. The summed E-state index contributed by atoms with van der Waals surface area (Å²) in [5.74, 6) is -0.400. The molecule has 1 saturated heterocycles. The van der Waals surface area contributed by atoms with Crippen LogP contribution in [0.1, 0.15) is 29.6 Å². The van der Waals surface area contributed by atoms with E-state index in [0.717, 1.165) is 25.9 Å². The molecule has 0 aromatic heterocycles. The first kappa shape index (κ1) is 13.4. The molecule has 18 heavy (non-hydrogen) atoms. The number of benzene rings is 1. The molecule has 1 aliphatic rings. The molecule has 0 saturated carbocycles. The second-order valence-corrected chi connectivity index (χ2v) is 5.14. The lowest BCUT2D eigenvalue weighted by Gasteiger charge is -2.22. The number of hydrogen-bond acceptors (Lipinski definition) is 4. The lowest BCUT2D eigenvalue weighted by molar-refractivity contribution is -0.0300. The van der Waals surface area contributed by atoms with Crippen molar-refractivity contribution < 1.29 is 14.3 Å². The Hall–Kier alpha value is -1.07. The average molecular weight is 314 g/mol. The molecule has 1 aromatic carbocycles. The van der Waals surface area contributed by atoms with E-state index in [-0.39, 0.29) is 6.10 Å². The number of hydrogen-bond donors (Lipinski definition) is 1. The van der Waals surface area contributed by atoms with Crippen LogP contribution in [-0.4, -0.2) is 25.3 Å². The van der Waals surface area contributed by atoms with Gasteiger partial charge in [0.25, 0.3) is 0 Å². The monoisotopic (exact) mass is 313 g/mol. The minimum absolute atomic E-state index is 0.0241. The number of halogens is 1. The van der Waals surface area contributed by atoms with Gasteiger partial charge in [-0.1, -0.05) is 6.07 Å². The summed E-state index contributed by atoms with van der Waals surface area (Å²) in [5.41, 5.74) is 6.61. The quantitative estimate of drug-likeness (QED) is 0.688. The number of rotatable bonds is 3. The van der Waals surface area contributed by atoms with Gasteiger partial charge in [0, 0.05) is 11.1 Å². The Morgan fingerprint density at radius 2 is 2.33 bits per heavy atom. The highest BCUT2D eigenvalue weighted by Gasteiger charge is 2.18. The van der Waals surface area contributed by atoms with Crippen LogP contribution in [0.15, 0.2) is 22.7 Å². The highest BCUT2D eigenvalue weighted by Crippen LogP contribution is 2.23. The standard InChI is InChI=1S/C13H16BrNO3/c14-11-6-3-5-10(12(11)15)13(16)18-8-9-4-1-2-7-17-9/h3,5-6,9H,1-2,4,7-8,15H2. The van der Waals surface area contributed by atoms with Crippen molar-refractivity contribution in [1.29, 1.82) is 0 Å². The molecule has 2 rings (SSSR count). The number of esters is 1. The van der Waals surface area contributed by atoms with E-state index in [4.69, 9.17) is 15.2 Å². The largest absolute Gasteiger partial charge is 0.459 e. The first-order valence-corrected chi connectivity index (χ1v) is 6.80. The highest BCUT2D eigenvalue weighted by molar-refractivity contribution is 9.10. The molecular weight excluding hydrogens is 298 g/mol. The Kier molecular flexibility index (Phi) is 4.60. The zero-order valence-corrected chi connectivity index (χ0v) is 11.6. The summed E-state index contributed by atoms with van der Waals surface area (Å²) in [7, 11) is 0. The SMILES string of the molecule is Nc1c(Br)cccc1C(=O)OCC1CCCCO1. The Morgan fingerprint density at radius 3 is 3.06 bits per heavy atom. The molecule has 4 nitrogen and oxygen atoms in total. The summed E-state index contributed by atoms with van der Waals surface area (Å²) >= 11 is 3.28. The maximum absolute atomic E-state index is 11.9. The zero-order valence-electron chi connectivity index (χ0n) is 10.0. The third kappa shape index (κ3) is 3.23. The molecule has 1 fully saturated rings. The number of nitrogen functional groups attached to an aromatic ring is 1. The molecule has 0 amide bonds. The highest BCUT2D eigenvalue weighted by atomic mass is 79.9. The molecule has 1 atom stereocenters. The number of anilines is 1. The van der Waals surface area contributed by atoms with Crippen LogP contribution in [0.25, 0.3) is 0 Å². The molecule has 1 unspecified atom stereocenters. The third-order valence-corrected chi connectivity index (χ3v) is 3.64. The van der Waals surface area contributed by atoms with Gasteiger partial charge in [0.15, 0.2) is 0 Å². The number of ether oxygens (including phenoxy) is 2. The third-order valence-electron chi connectivity index (χ3n) is 2.95. The zero-order chi connectivity index (χ0) is 13.0. The molecule has 98 valence electrons. The Morgan fingerprint density at radius 1 is 1.50 bits per heavy atom. The lowest BCUT2D eigenvalue weighted by Crippen LogP contribution is -2.26. The van der Waals surface area contributed by atoms with Crippen LogP contribution >= 0.6 is 15.9 Å². The van der Waals surface area contributed by atoms with Crippen molar-refractivity contribution in [3.63, 3.8) is 0 Å². The van der Waals surface area contributed by atoms with Crippen LogP contribution in [0.2, 0.25) is 0 Å². The van der Waals surface area contributed by atoms with Gasteiger partial charge in [-0.25, -0.2) is 4.79 Å². The first-order valence-electron chi connectivity index (χ1n) is 6.01. The summed E-state index contributed by atoms with van der Waals surface area (Å²) in [6.45, 7) is 1.05. The predicted octanol–water partition coefficient (Wildman–Crippen LogP) is 2.76. The van der Waals surface area contributed by atoms with Crippen LogP contribution in [0, 0.1) is 0 Å². The maximum Gasteiger partial charge on any atom is 0.340 e. The maximum atomic E-state index is 11.9. The van der Waals surface area contributed by atoms with E-state index < -0.39 is 5.97 Å². The van der Waals surface area contributed by atoms with Gasteiger partial charge in [-0.2, -0.15) is 0 Å². The Balaban J connectivity index is 1.93. The van der Waals surface area contributed by atoms with Crippen LogP contribution in [0.4, 0.5) is 5.69 Å². The summed E-state index contributed by atoms with van der Waals surface area (Å²) in [6.07, 6.45) is 3.18. The smallest absolute Gasteiger partial charge is 0.340 e. The summed E-state index contributed by atoms with van der Waals surface area (Å²) < 4.78 is 11.4. The summed E-state index contributed by atoms with van der Waals surface area (Å²) in [4.78, 5) is 11.9. The minimum atomic E-state index is -0.400. The van der Waals surface area contributed by atoms with Gasteiger partial charge in [0.1, 0.15) is 6.61 Å². The molecular formula is C13H16BrNO3. The fourth-order valence-electron chi connectivity index (χ4n) is 1.90. The number of para-hydroxylation sites is 1. The molecule has 1 heterocycles. The lowest BCUT2D eigenvalue weighted by atomic mass is 10.1. The van der Waals surface area contributed by atoms with Crippen LogP contribution in [-0.2, 0) is 9.47 Å². The Bertz CT molecular complexity index is 430. The van der Waals surface area contributed by atoms with E-state index >= 15 is 0 Å². The molecule has 0 bridgehead atoms. The van der Waals surface area contributed by atoms with Gasteiger partial charge in [-0.05, 0) is 47.3 Å². The van der Waals surface area contributed by atoms with Crippen LogP contribution in [0.3, 0.4) is 0 Å². The van der Waals surface area contributed by atoms with Crippen molar-refractivity contribution in [3.8, 4) is 0 Å². The fraction of sp³-hybridized carbons (Fsp3) is 0.462. The molecule has 0 aliphatic carbocycles. The van der Waals surface area contributed by atoms with Gasteiger partial charge in [0.05, 0.1) is 17.4 Å². The van der Waals surface area contributed by atoms with E-state index in [9.17, 15) is 4.79 Å². The predicted molar refractivity (Wildman–Crippen MR) is 72.4 cm³/mol. The fourth-order valence-corrected chi connectivity index (χ4v) is 2.27. The van der Waals surface area contributed by atoms with Gasteiger partial charge < -0.3 is 15.2 Å². The Labute approximate surface area is 115 Å². The van der Waals surface area contributed by atoms with Crippen molar-refractivity contribution in [2.24, 2.45) is 0 Å². The van der Waals surface area contributed by atoms with Crippen molar-refractivity contribution in [3.05, 3.63) is 28.2 Å². The van der Waals surface area contributed by atoms with Gasteiger partial charge in [0.2, 0.25) is 0 Å².